The molecule has 1 aliphatic heterocycles. The summed E-state index contributed by atoms with van der Waals surface area (Å²) in [5, 5.41) is 8.97. The third kappa shape index (κ3) is 3.63. The van der Waals surface area contributed by atoms with Crippen LogP contribution >= 0.6 is 0 Å². The van der Waals surface area contributed by atoms with Crippen molar-refractivity contribution < 1.29 is 18.3 Å². The monoisotopic (exact) mass is 311 g/mol. The number of benzene rings is 1. The fourth-order valence-corrected chi connectivity index (χ4v) is 3.31. The van der Waals surface area contributed by atoms with Gasteiger partial charge in [-0.25, -0.2) is 8.42 Å². The van der Waals surface area contributed by atoms with E-state index in [1.807, 2.05) is 0 Å². The molecule has 0 radical (unpaired) electrons. The van der Waals surface area contributed by atoms with Gasteiger partial charge >= 0.3 is 0 Å². The standard InChI is InChI=1S/C15H21NO4S/c1-11-3-4-13(21(2,19)20)9-14(11)15(18)16-7-5-12(10-16)6-8-17/h3-4,9,12,17H,5-8,10H2,1-2H3. The second kappa shape index (κ2) is 6.15. The summed E-state index contributed by atoms with van der Waals surface area (Å²) in [7, 11) is -3.32. The summed E-state index contributed by atoms with van der Waals surface area (Å²) < 4.78 is 23.2. The minimum atomic E-state index is -3.32. The van der Waals surface area contributed by atoms with Crippen LogP contribution in [0.15, 0.2) is 23.1 Å². The van der Waals surface area contributed by atoms with Gasteiger partial charge in [0.25, 0.3) is 5.91 Å². The molecule has 1 atom stereocenters. The first-order valence-electron chi connectivity index (χ1n) is 7.03. The average Bonchev–Trinajstić information content (AvgIpc) is 2.86. The van der Waals surface area contributed by atoms with Crippen molar-refractivity contribution in [2.24, 2.45) is 5.92 Å². The molecule has 0 saturated carbocycles. The number of hydrogen-bond acceptors (Lipinski definition) is 4. The Morgan fingerprint density at radius 1 is 1.43 bits per heavy atom. The van der Waals surface area contributed by atoms with Gasteiger partial charge in [0.2, 0.25) is 0 Å². The minimum Gasteiger partial charge on any atom is -0.396 e. The molecule has 1 saturated heterocycles. The van der Waals surface area contributed by atoms with Crippen molar-refractivity contribution in [3.8, 4) is 0 Å². The molecule has 116 valence electrons. The minimum absolute atomic E-state index is 0.126. The van der Waals surface area contributed by atoms with Crippen LogP contribution in [-0.2, 0) is 9.84 Å². The quantitative estimate of drug-likeness (QED) is 0.908. The molecule has 1 aliphatic rings. The molecule has 1 N–H and O–H groups in total. The number of sulfone groups is 1. The Labute approximate surface area is 125 Å². The van der Waals surface area contributed by atoms with E-state index in [-0.39, 0.29) is 17.4 Å². The number of nitrogens with zero attached hydrogens (tertiary/aromatic N) is 1. The predicted octanol–water partition coefficient (Wildman–Crippen LogP) is 1.24. The van der Waals surface area contributed by atoms with E-state index in [0.29, 0.717) is 31.0 Å². The maximum Gasteiger partial charge on any atom is 0.254 e. The molecule has 1 unspecified atom stereocenters. The van der Waals surface area contributed by atoms with Crippen molar-refractivity contribution in [1.82, 2.24) is 4.90 Å². The van der Waals surface area contributed by atoms with E-state index in [1.165, 1.54) is 12.1 Å². The Morgan fingerprint density at radius 3 is 2.76 bits per heavy atom. The largest absolute Gasteiger partial charge is 0.396 e. The molecule has 1 fully saturated rings. The number of aryl methyl sites for hydroxylation is 1. The van der Waals surface area contributed by atoms with Crippen LogP contribution in [0, 0.1) is 12.8 Å². The lowest BCUT2D eigenvalue weighted by Crippen LogP contribution is -2.29. The first-order chi connectivity index (χ1) is 9.82. The summed E-state index contributed by atoms with van der Waals surface area (Å²) in [6.07, 6.45) is 2.72. The fourth-order valence-electron chi connectivity index (χ4n) is 2.67. The van der Waals surface area contributed by atoms with E-state index in [0.717, 1.165) is 18.2 Å². The Morgan fingerprint density at radius 2 is 2.14 bits per heavy atom. The summed E-state index contributed by atoms with van der Waals surface area (Å²) in [6, 6.07) is 4.66. The van der Waals surface area contributed by atoms with Crippen molar-refractivity contribution in [3.63, 3.8) is 0 Å². The van der Waals surface area contributed by atoms with Gasteiger partial charge in [0, 0.05) is 31.5 Å². The molecule has 0 bridgehead atoms. The summed E-state index contributed by atoms with van der Waals surface area (Å²) in [5.74, 6) is 0.204. The average molecular weight is 311 g/mol. The SMILES string of the molecule is Cc1ccc(S(C)(=O)=O)cc1C(=O)N1CCC(CCO)C1. The Bertz CT molecular complexity index is 639. The van der Waals surface area contributed by atoms with Crippen LogP contribution < -0.4 is 0 Å². The Hall–Kier alpha value is -1.40. The summed E-state index contributed by atoms with van der Waals surface area (Å²) in [6.45, 7) is 3.23. The van der Waals surface area contributed by atoms with Gasteiger partial charge in [-0.15, -0.1) is 0 Å². The number of hydrogen-bond donors (Lipinski definition) is 1. The second-order valence-electron chi connectivity index (χ2n) is 5.67. The molecule has 0 aliphatic carbocycles. The molecule has 5 nitrogen and oxygen atoms in total. The van der Waals surface area contributed by atoms with Crippen LogP contribution in [0.1, 0.15) is 28.8 Å². The van der Waals surface area contributed by atoms with Crippen molar-refractivity contribution in [2.75, 3.05) is 26.0 Å². The number of aliphatic hydroxyl groups is 1. The van der Waals surface area contributed by atoms with Gasteiger partial charge in [-0.05, 0) is 43.4 Å². The zero-order valence-corrected chi connectivity index (χ0v) is 13.2. The van der Waals surface area contributed by atoms with Crippen LogP contribution in [-0.4, -0.2) is 50.3 Å². The van der Waals surface area contributed by atoms with Gasteiger partial charge < -0.3 is 10.0 Å². The predicted molar refractivity (Wildman–Crippen MR) is 80.0 cm³/mol. The van der Waals surface area contributed by atoms with E-state index in [9.17, 15) is 13.2 Å². The van der Waals surface area contributed by atoms with E-state index in [1.54, 1.807) is 17.9 Å². The highest BCUT2D eigenvalue weighted by Gasteiger charge is 2.27. The van der Waals surface area contributed by atoms with Crippen LogP contribution in [0.4, 0.5) is 0 Å². The van der Waals surface area contributed by atoms with Gasteiger partial charge in [-0.2, -0.15) is 0 Å². The van der Waals surface area contributed by atoms with Crippen molar-refractivity contribution >= 4 is 15.7 Å². The van der Waals surface area contributed by atoms with Crippen LogP contribution in [0.2, 0.25) is 0 Å². The van der Waals surface area contributed by atoms with E-state index >= 15 is 0 Å². The third-order valence-electron chi connectivity index (χ3n) is 3.98. The molecule has 1 heterocycles. The Kier molecular flexibility index (Phi) is 4.68. The maximum absolute atomic E-state index is 12.6. The fraction of sp³-hybridized carbons (Fsp3) is 0.533. The van der Waals surface area contributed by atoms with Gasteiger partial charge in [0.1, 0.15) is 0 Å². The van der Waals surface area contributed by atoms with Crippen molar-refractivity contribution in [1.29, 1.82) is 0 Å². The van der Waals surface area contributed by atoms with Crippen LogP contribution in [0.25, 0.3) is 0 Å². The van der Waals surface area contributed by atoms with Gasteiger partial charge in [0.15, 0.2) is 9.84 Å². The number of amides is 1. The summed E-state index contributed by atoms with van der Waals surface area (Å²) in [4.78, 5) is 14.5. The summed E-state index contributed by atoms with van der Waals surface area (Å²) in [5.41, 5.74) is 1.22. The molecule has 6 heteroatoms. The van der Waals surface area contributed by atoms with E-state index in [4.69, 9.17) is 5.11 Å². The number of aliphatic hydroxyl groups excluding tert-OH is 1. The molecule has 21 heavy (non-hydrogen) atoms. The maximum atomic E-state index is 12.6. The highest BCUT2D eigenvalue weighted by Crippen LogP contribution is 2.23. The normalized spacial score (nSPS) is 19.0. The van der Waals surface area contributed by atoms with Gasteiger partial charge in [0.05, 0.1) is 4.90 Å². The van der Waals surface area contributed by atoms with Crippen molar-refractivity contribution in [2.45, 2.75) is 24.7 Å². The molecule has 0 aromatic heterocycles. The molecule has 1 aromatic carbocycles. The molecule has 0 spiro atoms. The third-order valence-corrected chi connectivity index (χ3v) is 5.09. The molecular weight excluding hydrogens is 290 g/mol. The molecule has 1 aromatic rings. The lowest BCUT2D eigenvalue weighted by molar-refractivity contribution is 0.0784. The number of carbonyl (C=O) groups excluding carboxylic acids is 1. The van der Waals surface area contributed by atoms with E-state index < -0.39 is 9.84 Å². The van der Waals surface area contributed by atoms with Gasteiger partial charge in [-0.1, -0.05) is 6.07 Å². The molecular formula is C15H21NO4S. The Balaban J connectivity index is 2.24. The van der Waals surface area contributed by atoms with Crippen LogP contribution in [0.3, 0.4) is 0 Å². The molecule has 2 rings (SSSR count). The topological polar surface area (TPSA) is 74.7 Å². The summed E-state index contributed by atoms with van der Waals surface area (Å²) >= 11 is 0. The first-order valence-corrected chi connectivity index (χ1v) is 8.93. The molecule has 1 amide bonds. The lowest BCUT2D eigenvalue weighted by Gasteiger charge is -2.18. The second-order valence-corrected chi connectivity index (χ2v) is 7.68. The highest BCUT2D eigenvalue weighted by molar-refractivity contribution is 7.90. The number of carbonyl (C=O) groups is 1. The lowest BCUT2D eigenvalue weighted by atomic mass is 10.1. The van der Waals surface area contributed by atoms with Gasteiger partial charge in [-0.3, -0.25) is 4.79 Å². The zero-order chi connectivity index (χ0) is 15.6. The zero-order valence-electron chi connectivity index (χ0n) is 12.4. The number of likely N-dealkylation sites (tertiary alicyclic amines) is 1. The highest BCUT2D eigenvalue weighted by atomic mass is 32.2. The first kappa shape index (κ1) is 16.0. The van der Waals surface area contributed by atoms with Crippen molar-refractivity contribution in [3.05, 3.63) is 29.3 Å². The number of rotatable bonds is 4. The van der Waals surface area contributed by atoms with Crippen LogP contribution in [0.5, 0.6) is 0 Å². The van der Waals surface area contributed by atoms with E-state index in [2.05, 4.69) is 0 Å². The smallest absolute Gasteiger partial charge is 0.254 e.